The maximum Gasteiger partial charge on any atom is 0.338 e. The number of esters is 1. The lowest BCUT2D eigenvalue weighted by molar-refractivity contribution is 0.0457. The highest BCUT2D eigenvalue weighted by molar-refractivity contribution is 5.89. The van der Waals surface area contributed by atoms with Gasteiger partial charge in [0.2, 0.25) is 0 Å². The van der Waals surface area contributed by atoms with Gasteiger partial charge in [0.25, 0.3) is 0 Å². The Morgan fingerprint density at radius 1 is 0.955 bits per heavy atom. The van der Waals surface area contributed by atoms with Gasteiger partial charge in [-0.1, -0.05) is 45.9 Å². The van der Waals surface area contributed by atoms with Gasteiger partial charge in [0, 0.05) is 6.54 Å². The fourth-order valence-electron chi connectivity index (χ4n) is 2.14. The Balaban J connectivity index is 2.36. The normalized spacial score (nSPS) is 11.4. The summed E-state index contributed by atoms with van der Waals surface area (Å²) in [4.78, 5) is 14.3. The number of rotatable bonds is 10. The largest absolute Gasteiger partial charge is 0.461 e. The first-order valence-electron chi connectivity index (χ1n) is 8.43. The van der Waals surface area contributed by atoms with Crippen molar-refractivity contribution in [2.24, 2.45) is 11.8 Å². The van der Waals surface area contributed by atoms with Crippen LogP contribution in [0.2, 0.25) is 0 Å². The van der Waals surface area contributed by atoms with E-state index in [1.165, 1.54) is 12.8 Å². The van der Waals surface area contributed by atoms with Gasteiger partial charge in [-0.3, -0.25) is 4.90 Å². The zero-order valence-corrected chi connectivity index (χ0v) is 14.5. The number of nitrogens with zero attached hydrogens (tertiary/aromatic N) is 1. The van der Waals surface area contributed by atoms with Crippen LogP contribution in [0.5, 0.6) is 0 Å². The lowest BCUT2D eigenvalue weighted by Crippen LogP contribution is -2.31. The molecule has 0 aromatic heterocycles. The molecule has 1 rings (SSSR count). The first kappa shape index (κ1) is 18.7. The van der Waals surface area contributed by atoms with E-state index in [9.17, 15) is 4.79 Å². The molecule has 0 radical (unpaired) electrons. The second kappa shape index (κ2) is 10.4. The Hall–Kier alpha value is -1.35. The molecule has 3 heteroatoms. The SMILES string of the molecule is CC(C)CCN(CCOC(=O)c1ccccc1)CCC(C)C. The third-order valence-electron chi connectivity index (χ3n) is 3.70. The van der Waals surface area contributed by atoms with E-state index in [1.54, 1.807) is 12.1 Å². The predicted molar refractivity (Wildman–Crippen MR) is 92.1 cm³/mol. The quantitative estimate of drug-likeness (QED) is 0.606. The molecule has 0 heterocycles. The van der Waals surface area contributed by atoms with Crippen LogP contribution in [-0.4, -0.2) is 37.1 Å². The zero-order valence-electron chi connectivity index (χ0n) is 14.5. The lowest BCUT2D eigenvalue weighted by Gasteiger charge is -2.24. The molecular weight excluding hydrogens is 274 g/mol. The van der Waals surface area contributed by atoms with E-state index in [4.69, 9.17) is 4.74 Å². The summed E-state index contributed by atoms with van der Waals surface area (Å²) >= 11 is 0. The Labute approximate surface area is 135 Å². The van der Waals surface area contributed by atoms with E-state index in [-0.39, 0.29) is 5.97 Å². The molecule has 1 aromatic carbocycles. The summed E-state index contributed by atoms with van der Waals surface area (Å²) in [6.07, 6.45) is 2.37. The summed E-state index contributed by atoms with van der Waals surface area (Å²) in [6.45, 7) is 12.4. The number of carbonyl (C=O) groups excluding carboxylic acids is 1. The van der Waals surface area contributed by atoms with Crippen molar-refractivity contribution in [3.05, 3.63) is 35.9 Å². The number of benzene rings is 1. The standard InChI is InChI=1S/C19H31NO2/c1-16(2)10-12-20(13-11-17(3)4)14-15-22-19(21)18-8-6-5-7-9-18/h5-9,16-17H,10-15H2,1-4H3. The van der Waals surface area contributed by atoms with Gasteiger partial charge in [-0.25, -0.2) is 4.79 Å². The van der Waals surface area contributed by atoms with Crippen LogP contribution in [0.25, 0.3) is 0 Å². The predicted octanol–water partition coefficient (Wildman–Crippen LogP) is 4.24. The monoisotopic (exact) mass is 305 g/mol. The minimum Gasteiger partial charge on any atom is -0.461 e. The molecule has 124 valence electrons. The van der Waals surface area contributed by atoms with Crippen LogP contribution >= 0.6 is 0 Å². The molecular formula is C19H31NO2. The van der Waals surface area contributed by atoms with Crippen LogP contribution < -0.4 is 0 Å². The van der Waals surface area contributed by atoms with Crippen molar-refractivity contribution >= 4 is 5.97 Å². The van der Waals surface area contributed by atoms with Gasteiger partial charge in [0.1, 0.15) is 6.61 Å². The summed E-state index contributed by atoms with van der Waals surface area (Å²) in [5.41, 5.74) is 0.624. The molecule has 0 fully saturated rings. The van der Waals surface area contributed by atoms with E-state index in [0.29, 0.717) is 24.0 Å². The second-order valence-corrected chi connectivity index (χ2v) is 6.71. The van der Waals surface area contributed by atoms with Gasteiger partial charge >= 0.3 is 5.97 Å². The Morgan fingerprint density at radius 2 is 1.50 bits per heavy atom. The molecule has 0 aliphatic heterocycles. The fourth-order valence-corrected chi connectivity index (χ4v) is 2.14. The molecule has 0 atom stereocenters. The fraction of sp³-hybridized carbons (Fsp3) is 0.632. The Morgan fingerprint density at radius 3 is 2.00 bits per heavy atom. The molecule has 0 aliphatic rings. The van der Waals surface area contributed by atoms with Gasteiger partial charge in [0.05, 0.1) is 5.56 Å². The van der Waals surface area contributed by atoms with Crippen LogP contribution in [0, 0.1) is 11.8 Å². The minimum atomic E-state index is -0.228. The average Bonchev–Trinajstić information content (AvgIpc) is 2.49. The molecule has 0 aliphatic carbocycles. The Bertz CT molecular complexity index is 403. The van der Waals surface area contributed by atoms with Crippen molar-refractivity contribution in [1.82, 2.24) is 4.90 Å². The topological polar surface area (TPSA) is 29.5 Å². The molecule has 0 bridgehead atoms. The van der Waals surface area contributed by atoms with Crippen molar-refractivity contribution in [1.29, 1.82) is 0 Å². The third kappa shape index (κ3) is 8.18. The van der Waals surface area contributed by atoms with Crippen molar-refractivity contribution < 1.29 is 9.53 Å². The highest BCUT2D eigenvalue weighted by atomic mass is 16.5. The molecule has 0 spiro atoms. The summed E-state index contributed by atoms with van der Waals surface area (Å²) in [5, 5.41) is 0. The zero-order chi connectivity index (χ0) is 16.4. The van der Waals surface area contributed by atoms with Crippen LogP contribution in [0.1, 0.15) is 50.9 Å². The molecule has 0 saturated carbocycles. The van der Waals surface area contributed by atoms with E-state index < -0.39 is 0 Å². The van der Waals surface area contributed by atoms with Crippen LogP contribution in [0.15, 0.2) is 30.3 Å². The molecule has 0 unspecified atom stereocenters. The number of hydrogen-bond acceptors (Lipinski definition) is 3. The van der Waals surface area contributed by atoms with Crippen molar-refractivity contribution in [2.45, 2.75) is 40.5 Å². The Kier molecular flexibility index (Phi) is 8.83. The van der Waals surface area contributed by atoms with Crippen molar-refractivity contribution in [3.63, 3.8) is 0 Å². The third-order valence-corrected chi connectivity index (χ3v) is 3.70. The maximum absolute atomic E-state index is 11.9. The molecule has 22 heavy (non-hydrogen) atoms. The number of carbonyl (C=O) groups is 1. The summed E-state index contributed by atoms with van der Waals surface area (Å²) in [5.74, 6) is 1.18. The summed E-state index contributed by atoms with van der Waals surface area (Å²) in [6, 6.07) is 9.19. The van der Waals surface area contributed by atoms with Crippen LogP contribution in [0.4, 0.5) is 0 Å². The molecule has 0 N–H and O–H groups in total. The van der Waals surface area contributed by atoms with Crippen molar-refractivity contribution in [3.8, 4) is 0 Å². The number of ether oxygens (including phenoxy) is 1. The first-order chi connectivity index (χ1) is 10.5. The van der Waals surface area contributed by atoms with Crippen molar-refractivity contribution in [2.75, 3.05) is 26.2 Å². The molecule has 3 nitrogen and oxygen atoms in total. The minimum absolute atomic E-state index is 0.228. The van der Waals surface area contributed by atoms with Gasteiger partial charge in [-0.15, -0.1) is 0 Å². The lowest BCUT2D eigenvalue weighted by atomic mass is 10.1. The van der Waals surface area contributed by atoms with Gasteiger partial charge in [0.15, 0.2) is 0 Å². The smallest absolute Gasteiger partial charge is 0.338 e. The van der Waals surface area contributed by atoms with E-state index in [0.717, 1.165) is 19.6 Å². The van der Waals surface area contributed by atoms with E-state index in [2.05, 4.69) is 32.6 Å². The van der Waals surface area contributed by atoms with E-state index >= 15 is 0 Å². The number of hydrogen-bond donors (Lipinski definition) is 0. The van der Waals surface area contributed by atoms with Crippen LogP contribution in [0.3, 0.4) is 0 Å². The average molecular weight is 305 g/mol. The van der Waals surface area contributed by atoms with Gasteiger partial charge < -0.3 is 4.74 Å². The molecule has 1 aromatic rings. The molecule has 0 saturated heterocycles. The highest BCUT2D eigenvalue weighted by Crippen LogP contribution is 2.07. The van der Waals surface area contributed by atoms with E-state index in [1.807, 2.05) is 18.2 Å². The highest BCUT2D eigenvalue weighted by Gasteiger charge is 2.10. The summed E-state index contributed by atoms with van der Waals surface area (Å²) in [7, 11) is 0. The molecule has 0 amide bonds. The van der Waals surface area contributed by atoms with Crippen LogP contribution in [-0.2, 0) is 4.74 Å². The maximum atomic E-state index is 11.9. The van der Waals surface area contributed by atoms with Gasteiger partial charge in [-0.2, -0.15) is 0 Å². The first-order valence-corrected chi connectivity index (χ1v) is 8.43. The van der Waals surface area contributed by atoms with Gasteiger partial charge in [-0.05, 0) is 49.9 Å². The second-order valence-electron chi connectivity index (χ2n) is 6.71. The summed E-state index contributed by atoms with van der Waals surface area (Å²) < 4.78 is 5.39.